The minimum atomic E-state index is 0.417. The first-order valence-corrected chi connectivity index (χ1v) is 9.87. The summed E-state index contributed by atoms with van der Waals surface area (Å²) < 4.78 is 0. The molecule has 0 N–H and O–H groups in total. The van der Waals surface area contributed by atoms with Crippen molar-refractivity contribution in [3.05, 3.63) is 0 Å². The zero-order valence-electron chi connectivity index (χ0n) is 15.4. The molecule has 0 aromatic heterocycles. The van der Waals surface area contributed by atoms with E-state index in [0.29, 0.717) is 5.31 Å². The fourth-order valence-corrected chi connectivity index (χ4v) is 3.47. The van der Waals surface area contributed by atoms with E-state index >= 15 is 0 Å². The van der Waals surface area contributed by atoms with Crippen molar-refractivity contribution in [2.24, 2.45) is 11.8 Å². The van der Waals surface area contributed by atoms with Crippen LogP contribution in [0.5, 0.6) is 0 Å². The van der Waals surface area contributed by atoms with E-state index in [9.17, 15) is 0 Å². The van der Waals surface area contributed by atoms with E-state index in [0.717, 1.165) is 11.8 Å². The van der Waals surface area contributed by atoms with Crippen molar-refractivity contribution in [1.29, 1.82) is 0 Å². The predicted molar refractivity (Wildman–Crippen MR) is 98.3 cm³/mol. The maximum atomic E-state index is 2.56. The summed E-state index contributed by atoms with van der Waals surface area (Å²) >= 11 is 0. The van der Waals surface area contributed by atoms with Gasteiger partial charge in [0.05, 0.1) is 0 Å². The topological polar surface area (TPSA) is 0 Å². The largest absolute Gasteiger partial charge is 0.117 e. The SMILES string of the molecule is CC(C)C(C)(C)[B]CCCCCCCCC1CCCCC1. The molecule has 1 saturated carbocycles. The van der Waals surface area contributed by atoms with E-state index in [-0.39, 0.29) is 0 Å². The van der Waals surface area contributed by atoms with Crippen LogP contribution in [0.3, 0.4) is 0 Å². The standard InChI is InChI=1S/C20H40B/c1-18(2)20(3,4)21-17-13-8-6-5-7-10-14-19-15-11-9-12-16-19/h18-19H,5-17H2,1-4H3. The highest BCUT2D eigenvalue weighted by atomic mass is 14.2. The van der Waals surface area contributed by atoms with Gasteiger partial charge in [0.1, 0.15) is 7.28 Å². The van der Waals surface area contributed by atoms with Crippen LogP contribution < -0.4 is 0 Å². The lowest BCUT2D eigenvalue weighted by Crippen LogP contribution is -2.19. The summed E-state index contributed by atoms with van der Waals surface area (Å²) in [4.78, 5) is 0. The van der Waals surface area contributed by atoms with E-state index in [1.807, 2.05) is 0 Å². The second kappa shape index (κ2) is 10.7. The van der Waals surface area contributed by atoms with Crippen molar-refractivity contribution in [2.45, 2.75) is 116 Å². The molecule has 1 rings (SSSR count). The summed E-state index contributed by atoms with van der Waals surface area (Å²) in [7, 11) is 2.56. The molecule has 1 fully saturated rings. The summed E-state index contributed by atoms with van der Waals surface area (Å²) in [6.07, 6.45) is 19.2. The lowest BCUT2D eigenvalue weighted by molar-refractivity contribution is 0.328. The van der Waals surface area contributed by atoms with Gasteiger partial charge in [-0.2, -0.15) is 0 Å². The van der Waals surface area contributed by atoms with Gasteiger partial charge in [-0.3, -0.25) is 0 Å². The normalized spacial score (nSPS) is 17.4. The molecule has 1 aliphatic rings. The molecule has 0 nitrogen and oxygen atoms in total. The van der Waals surface area contributed by atoms with Crippen molar-refractivity contribution in [2.75, 3.05) is 0 Å². The van der Waals surface area contributed by atoms with Crippen molar-refractivity contribution in [1.82, 2.24) is 0 Å². The van der Waals surface area contributed by atoms with Crippen LogP contribution in [0.4, 0.5) is 0 Å². The Morgan fingerprint density at radius 1 is 0.857 bits per heavy atom. The zero-order chi connectivity index (χ0) is 15.6. The number of hydrogen-bond donors (Lipinski definition) is 0. The van der Waals surface area contributed by atoms with Crippen LogP contribution in [0.15, 0.2) is 0 Å². The highest BCUT2D eigenvalue weighted by Crippen LogP contribution is 2.34. The number of rotatable bonds is 11. The molecule has 0 spiro atoms. The first kappa shape index (κ1) is 19.1. The Morgan fingerprint density at radius 2 is 1.43 bits per heavy atom. The number of unbranched alkanes of at least 4 members (excludes halogenated alkanes) is 5. The molecule has 21 heavy (non-hydrogen) atoms. The third-order valence-electron chi connectivity index (χ3n) is 5.95. The Morgan fingerprint density at radius 3 is 2.05 bits per heavy atom. The van der Waals surface area contributed by atoms with Crippen LogP contribution in [0.2, 0.25) is 11.6 Å². The summed E-state index contributed by atoms with van der Waals surface area (Å²) in [6.45, 7) is 9.43. The highest BCUT2D eigenvalue weighted by Gasteiger charge is 2.22. The van der Waals surface area contributed by atoms with E-state index in [4.69, 9.17) is 0 Å². The maximum absolute atomic E-state index is 2.56. The Balaban J connectivity index is 1.84. The molecular formula is C20H40B. The Bertz CT molecular complexity index is 238. The molecule has 1 heteroatoms. The second-order valence-corrected chi connectivity index (χ2v) is 8.38. The van der Waals surface area contributed by atoms with Gasteiger partial charge in [-0.15, -0.1) is 0 Å². The van der Waals surface area contributed by atoms with Crippen LogP contribution in [0.25, 0.3) is 0 Å². The van der Waals surface area contributed by atoms with Crippen molar-refractivity contribution >= 4 is 7.28 Å². The average Bonchev–Trinajstić information content (AvgIpc) is 2.46. The molecule has 1 aliphatic carbocycles. The predicted octanol–water partition coefficient (Wildman–Crippen LogP) is 7.27. The molecule has 0 aromatic rings. The summed E-state index contributed by atoms with van der Waals surface area (Å²) in [6, 6.07) is 0. The van der Waals surface area contributed by atoms with E-state index in [1.54, 1.807) is 0 Å². The minimum Gasteiger partial charge on any atom is -0.0796 e. The van der Waals surface area contributed by atoms with Crippen molar-refractivity contribution in [3.8, 4) is 0 Å². The average molecular weight is 291 g/mol. The second-order valence-electron chi connectivity index (χ2n) is 8.38. The molecule has 0 saturated heterocycles. The molecule has 0 bridgehead atoms. The van der Waals surface area contributed by atoms with Gasteiger partial charge in [0, 0.05) is 0 Å². The quantitative estimate of drug-likeness (QED) is 0.277. The van der Waals surface area contributed by atoms with E-state index in [1.165, 1.54) is 83.4 Å². The Kier molecular flexibility index (Phi) is 9.77. The van der Waals surface area contributed by atoms with E-state index in [2.05, 4.69) is 35.0 Å². The fraction of sp³-hybridized carbons (Fsp3) is 1.00. The van der Waals surface area contributed by atoms with Crippen LogP contribution in [-0.2, 0) is 0 Å². The lowest BCUT2D eigenvalue weighted by Gasteiger charge is -2.28. The van der Waals surface area contributed by atoms with Crippen LogP contribution in [-0.4, -0.2) is 7.28 Å². The summed E-state index contributed by atoms with van der Waals surface area (Å²) in [5.41, 5.74) is 0. The van der Waals surface area contributed by atoms with Gasteiger partial charge in [-0.1, -0.05) is 116 Å². The van der Waals surface area contributed by atoms with E-state index < -0.39 is 0 Å². The molecule has 0 aliphatic heterocycles. The first-order chi connectivity index (χ1) is 10.0. The van der Waals surface area contributed by atoms with Gasteiger partial charge >= 0.3 is 0 Å². The number of hydrogen-bond acceptors (Lipinski definition) is 0. The monoisotopic (exact) mass is 291 g/mol. The van der Waals surface area contributed by atoms with Gasteiger partial charge in [-0.25, -0.2) is 0 Å². The summed E-state index contributed by atoms with van der Waals surface area (Å²) in [5, 5.41) is 0.417. The van der Waals surface area contributed by atoms with Crippen LogP contribution in [0.1, 0.15) is 105 Å². The lowest BCUT2D eigenvalue weighted by atomic mass is 9.48. The fourth-order valence-electron chi connectivity index (χ4n) is 3.47. The minimum absolute atomic E-state index is 0.417. The molecule has 0 unspecified atom stereocenters. The molecule has 0 heterocycles. The van der Waals surface area contributed by atoms with Gasteiger partial charge in [-0.05, 0) is 11.8 Å². The summed E-state index contributed by atoms with van der Waals surface area (Å²) in [5.74, 6) is 1.85. The third-order valence-corrected chi connectivity index (χ3v) is 5.95. The van der Waals surface area contributed by atoms with Crippen LogP contribution >= 0.6 is 0 Å². The highest BCUT2D eigenvalue weighted by molar-refractivity contribution is 6.39. The maximum Gasteiger partial charge on any atom is 0.117 e. The molecular weight excluding hydrogens is 251 g/mol. The molecule has 0 aromatic carbocycles. The van der Waals surface area contributed by atoms with Gasteiger partial charge in [0.15, 0.2) is 0 Å². The van der Waals surface area contributed by atoms with Gasteiger partial charge < -0.3 is 0 Å². The molecule has 0 atom stereocenters. The Labute approximate surface area is 136 Å². The molecule has 0 amide bonds. The van der Waals surface area contributed by atoms with Crippen molar-refractivity contribution < 1.29 is 0 Å². The molecule has 1 radical (unpaired) electrons. The smallest absolute Gasteiger partial charge is 0.0796 e. The van der Waals surface area contributed by atoms with Crippen molar-refractivity contribution in [3.63, 3.8) is 0 Å². The first-order valence-electron chi connectivity index (χ1n) is 9.87. The van der Waals surface area contributed by atoms with Gasteiger partial charge in [0.25, 0.3) is 0 Å². The molecule has 123 valence electrons. The third kappa shape index (κ3) is 8.94. The van der Waals surface area contributed by atoms with Crippen LogP contribution in [0, 0.1) is 11.8 Å². The van der Waals surface area contributed by atoms with Gasteiger partial charge in [0.2, 0.25) is 0 Å². The Hall–Kier alpha value is 0.0649. The zero-order valence-corrected chi connectivity index (χ0v) is 15.4.